The van der Waals surface area contributed by atoms with Gasteiger partial charge in [-0.05, 0) is 25.6 Å². The van der Waals surface area contributed by atoms with Gasteiger partial charge >= 0.3 is 0 Å². The van der Waals surface area contributed by atoms with Crippen LogP contribution in [0.15, 0.2) is 24.3 Å². The number of nitrogens with zero attached hydrogens (tertiary/aromatic N) is 3. The number of aryl methyl sites for hydroxylation is 1. The predicted octanol–water partition coefficient (Wildman–Crippen LogP) is 1.62. The van der Waals surface area contributed by atoms with Gasteiger partial charge in [0.25, 0.3) is 0 Å². The van der Waals surface area contributed by atoms with E-state index in [2.05, 4.69) is 20.8 Å². The van der Waals surface area contributed by atoms with Gasteiger partial charge in [0.2, 0.25) is 16.9 Å². The van der Waals surface area contributed by atoms with E-state index < -0.39 is 6.04 Å². The molecule has 1 saturated heterocycles. The summed E-state index contributed by atoms with van der Waals surface area (Å²) in [6, 6.07) is 7.43. The van der Waals surface area contributed by atoms with E-state index in [9.17, 15) is 9.59 Å². The van der Waals surface area contributed by atoms with E-state index in [0.29, 0.717) is 24.7 Å². The average molecular weight is 404 g/mol. The van der Waals surface area contributed by atoms with Crippen LogP contribution in [-0.2, 0) is 16.0 Å². The normalized spacial score (nSPS) is 17.2. The fraction of sp³-hybridized carbons (Fsp3) is 0.474. The Hall–Kier alpha value is -2.52. The summed E-state index contributed by atoms with van der Waals surface area (Å²) < 4.78 is 5.69. The number of anilines is 1. The van der Waals surface area contributed by atoms with Gasteiger partial charge in [0.05, 0.1) is 19.1 Å². The van der Waals surface area contributed by atoms with E-state index in [-0.39, 0.29) is 18.2 Å². The van der Waals surface area contributed by atoms with Crippen LogP contribution in [0.2, 0.25) is 0 Å². The van der Waals surface area contributed by atoms with Crippen LogP contribution in [0.5, 0.6) is 5.75 Å². The second-order valence-electron chi connectivity index (χ2n) is 6.60. The quantitative estimate of drug-likeness (QED) is 0.695. The van der Waals surface area contributed by atoms with Crippen molar-refractivity contribution in [2.75, 3.05) is 31.6 Å². The fourth-order valence-corrected chi connectivity index (χ4v) is 3.74. The minimum atomic E-state index is -0.436. The zero-order valence-corrected chi connectivity index (χ0v) is 16.9. The molecule has 1 atom stereocenters. The summed E-state index contributed by atoms with van der Waals surface area (Å²) in [5.41, 5.74) is 1.18. The van der Waals surface area contributed by atoms with Crippen molar-refractivity contribution in [3.8, 4) is 5.75 Å². The van der Waals surface area contributed by atoms with Gasteiger partial charge in [0.1, 0.15) is 10.8 Å². The Bertz CT molecular complexity index is 808. The fourth-order valence-electron chi connectivity index (χ4n) is 3.00. The smallest absolute Gasteiger partial charge is 0.237 e. The lowest BCUT2D eigenvalue weighted by atomic mass is 10.1. The molecule has 0 saturated carbocycles. The van der Waals surface area contributed by atoms with Gasteiger partial charge in [-0.3, -0.25) is 14.5 Å². The molecule has 0 unspecified atom stereocenters. The molecule has 1 fully saturated rings. The lowest BCUT2D eigenvalue weighted by Crippen LogP contribution is -2.56. The molecule has 2 amide bonds. The summed E-state index contributed by atoms with van der Waals surface area (Å²) in [5, 5.41) is 14.9. The first-order valence-electron chi connectivity index (χ1n) is 9.38. The molecular weight excluding hydrogens is 378 g/mol. The third-order valence-electron chi connectivity index (χ3n) is 4.55. The molecule has 2 N–H and O–H groups in total. The lowest BCUT2D eigenvalue weighted by molar-refractivity contribution is -0.132. The molecule has 2 heterocycles. The van der Waals surface area contributed by atoms with Crippen LogP contribution in [0.4, 0.5) is 5.13 Å². The van der Waals surface area contributed by atoms with Crippen LogP contribution in [0, 0.1) is 6.92 Å². The monoisotopic (exact) mass is 403 g/mol. The van der Waals surface area contributed by atoms with E-state index in [1.165, 1.54) is 16.9 Å². The number of likely N-dealkylation sites (N-methyl/N-ethyl adjacent to an activating group) is 1. The summed E-state index contributed by atoms with van der Waals surface area (Å²) in [5.74, 6) is 0.475. The molecule has 1 aromatic heterocycles. The second kappa shape index (κ2) is 9.61. The Kier molecular flexibility index (Phi) is 6.94. The Morgan fingerprint density at radius 3 is 2.89 bits per heavy atom. The number of nitrogens with one attached hydrogen (secondary N) is 2. The summed E-state index contributed by atoms with van der Waals surface area (Å²) in [6.45, 7) is 6.61. The average Bonchev–Trinajstić information content (AvgIpc) is 3.12. The largest absolute Gasteiger partial charge is 0.493 e. The topological polar surface area (TPSA) is 96.5 Å². The number of rotatable bonds is 8. The lowest BCUT2D eigenvalue weighted by Gasteiger charge is -2.33. The SMILES string of the molecule is CCN1CCNC(=O)[C@@H]1CC(=O)Nc1nnc(CCOc2ccc(C)cc2)s1. The van der Waals surface area contributed by atoms with E-state index >= 15 is 0 Å². The third kappa shape index (κ3) is 5.49. The molecule has 3 rings (SSSR count). The highest BCUT2D eigenvalue weighted by Crippen LogP contribution is 2.18. The van der Waals surface area contributed by atoms with Crippen LogP contribution in [-0.4, -0.2) is 59.2 Å². The first-order valence-corrected chi connectivity index (χ1v) is 10.2. The maximum absolute atomic E-state index is 12.3. The molecule has 0 bridgehead atoms. The first-order chi connectivity index (χ1) is 13.5. The molecule has 9 heteroatoms. The van der Waals surface area contributed by atoms with Crippen LogP contribution >= 0.6 is 11.3 Å². The number of ether oxygens (including phenoxy) is 1. The van der Waals surface area contributed by atoms with Crippen LogP contribution in [0.1, 0.15) is 23.9 Å². The Morgan fingerprint density at radius 1 is 1.36 bits per heavy atom. The maximum atomic E-state index is 12.3. The molecule has 28 heavy (non-hydrogen) atoms. The number of aromatic nitrogens is 2. The predicted molar refractivity (Wildman–Crippen MR) is 108 cm³/mol. The molecule has 1 aromatic carbocycles. The molecule has 0 spiro atoms. The number of amides is 2. The molecule has 0 aliphatic carbocycles. The number of benzene rings is 1. The van der Waals surface area contributed by atoms with Crippen LogP contribution in [0.3, 0.4) is 0 Å². The number of hydrogen-bond acceptors (Lipinski definition) is 7. The number of piperazine rings is 1. The maximum Gasteiger partial charge on any atom is 0.237 e. The van der Waals surface area contributed by atoms with Crippen LogP contribution in [0.25, 0.3) is 0 Å². The Morgan fingerprint density at radius 2 is 2.14 bits per heavy atom. The number of carbonyl (C=O) groups is 2. The van der Waals surface area contributed by atoms with Crippen molar-refractivity contribution in [1.82, 2.24) is 20.4 Å². The minimum absolute atomic E-state index is 0.102. The number of hydrogen-bond donors (Lipinski definition) is 2. The summed E-state index contributed by atoms with van der Waals surface area (Å²) in [7, 11) is 0. The van der Waals surface area contributed by atoms with E-state index in [4.69, 9.17) is 4.74 Å². The van der Waals surface area contributed by atoms with Crippen molar-refractivity contribution in [2.45, 2.75) is 32.7 Å². The molecule has 0 radical (unpaired) electrons. The van der Waals surface area contributed by atoms with Gasteiger partial charge in [0, 0.05) is 19.5 Å². The first kappa shape index (κ1) is 20.2. The summed E-state index contributed by atoms with van der Waals surface area (Å²) in [4.78, 5) is 26.4. The molecule has 8 nitrogen and oxygen atoms in total. The Labute approximate surface area is 168 Å². The van der Waals surface area contributed by atoms with Gasteiger partial charge in [-0.1, -0.05) is 36.0 Å². The highest BCUT2D eigenvalue weighted by Gasteiger charge is 2.30. The van der Waals surface area contributed by atoms with Crippen molar-refractivity contribution < 1.29 is 14.3 Å². The second-order valence-corrected chi connectivity index (χ2v) is 7.66. The highest BCUT2D eigenvalue weighted by molar-refractivity contribution is 7.15. The Balaban J connectivity index is 1.46. The molecule has 1 aliphatic rings. The molecule has 1 aliphatic heterocycles. The van der Waals surface area contributed by atoms with Crippen molar-refractivity contribution in [3.63, 3.8) is 0 Å². The van der Waals surface area contributed by atoms with Crippen molar-refractivity contribution >= 4 is 28.3 Å². The third-order valence-corrected chi connectivity index (χ3v) is 5.44. The molecule has 2 aromatic rings. The van der Waals surface area contributed by atoms with Crippen LogP contribution < -0.4 is 15.4 Å². The molecular formula is C19H25N5O3S. The standard InChI is InChI=1S/C19H25N5O3S/c1-3-24-10-9-20-18(26)15(24)12-16(25)21-19-23-22-17(28-19)8-11-27-14-6-4-13(2)5-7-14/h4-7,15H,3,8-12H2,1-2H3,(H,20,26)(H,21,23,25)/t15-/m0/s1. The summed E-state index contributed by atoms with van der Waals surface area (Å²) >= 11 is 1.32. The zero-order chi connectivity index (χ0) is 19.9. The number of carbonyl (C=O) groups excluding carboxylic acids is 2. The van der Waals surface area contributed by atoms with E-state index in [1.807, 2.05) is 43.0 Å². The van der Waals surface area contributed by atoms with E-state index in [0.717, 1.165) is 23.8 Å². The van der Waals surface area contributed by atoms with Gasteiger partial charge in [-0.2, -0.15) is 0 Å². The van der Waals surface area contributed by atoms with Gasteiger partial charge in [0.15, 0.2) is 0 Å². The minimum Gasteiger partial charge on any atom is -0.493 e. The van der Waals surface area contributed by atoms with Gasteiger partial charge in [-0.15, -0.1) is 10.2 Å². The summed E-state index contributed by atoms with van der Waals surface area (Å²) in [6.07, 6.45) is 0.710. The van der Waals surface area contributed by atoms with Gasteiger partial charge < -0.3 is 15.4 Å². The van der Waals surface area contributed by atoms with Crippen molar-refractivity contribution in [2.24, 2.45) is 0 Å². The zero-order valence-electron chi connectivity index (χ0n) is 16.1. The highest BCUT2D eigenvalue weighted by atomic mass is 32.1. The van der Waals surface area contributed by atoms with E-state index in [1.54, 1.807) is 0 Å². The van der Waals surface area contributed by atoms with Gasteiger partial charge in [-0.25, -0.2) is 0 Å². The van der Waals surface area contributed by atoms with Crippen molar-refractivity contribution in [3.05, 3.63) is 34.8 Å². The molecule has 150 valence electrons. The van der Waals surface area contributed by atoms with Crippen molar-refractivity contribution in [1.29, 1.82) is 0 Å².